The van der Waals surface area contributed by atoms with Crippen LogP contribution in [0.25, 0.3) is 0 Å². The second-order valence-electron chi connectivity index (χ2n) is 7.28. The van der Waals surface area contributed by atoms with Crippen molar-refractivity contribution >= 4 is 27.5 Å². The number of nitriles is 1. The predicted octanol–water partition coefficient (Wildman–Crippen LogP) is 3.26. The number of anilines is 1. The molecule has 1 unspecified atom stereocenters. The van der Waals surface area contributed by atoms with Gasteiger partial charge in [0.05, 0.1) is 11.0 Å². The molecule has 3 aromatic rings. The van der Waals surface area contributed by atoms with E-state index in [-0.39, 0.29) is 28.5 Å². The van der Waals surface area contributed by atoms with E-state index in [9.17, 15) is 27.7 Å². The highest BCUT2D eigenvalue weighted by molar-refractivity contribution is 7.89. The molecule has 0 radical (unpaired) electrons. The topological polar surface area (TPSA) is 128 Å². The lowest BCUT2D eigenvalue weighted by atomic mass is 10.1. The van der Waals surface area contributed by atoms with Crippen molar-refractivity contribution < 1.29 is 22.4 Å². The minimum Gasteiger partial charge on any atom is -0.332 e. The number of hydrogen-bond acceptors (Lipinski definition) is 5. The van der Waals surface area contributed by atoms with Crippen LogP contribution in [0, 0.1) is 17.1 Å². The maximum absolute atomic E-state index is 13.9. The highest BCUT2D eigenvalue weighted by atomic mass is 32.2. The second-order valence-corrected chi connectivity index (χ2v) is 9.05. The van der Waals surface area contributed by atoms with Crippen LogP contribution in [0.2, 0.25) is 0 Å². The van der Waals surface area contributed by atoms with Gasteiger partial charge in [-0.15, -0.1) is 0 Å². The number of nitrogens with zero attached hydrogens (tertiary/aromatic N) is 1. The summed E-state index contributed by atoms with van der Waals surface area (Å²) in [6, 6.07) is 18.2. The zero-order valence-corrected chi connectivity index (χ0v) is 18.9. The molecular weight excluding hydrogens is 459 g/mol. The summed E-state index contributed by atoms with van der Waals surface area (Å²) >= 11 is 0. The molecule has 0 spiro atoms. The summed E-state index contributed by atoms with van der Waals surface area (Å²) in [6.45, 7) is 1.33. The van der Waals surface area contributed by atoms with Crippen molar-refractivity contribution in [3.8, 4) is 6.07 Å². The minimum atomic E-state index is -3.80. The molecule has 2 amide bonds. The first-order chi connectivity index (χ1) is 16.2. The van der Waals surface area contributed by atoms with Gasteiger partial charge in [0, 0.05) is 30.3 Å². The summed E-state index contributed by atoms with van der Waals surface area (Å²) in [5, 5.41) is 14.4. The lowest BCUT2D eigenvalue weighted by Gasteiger charge is -2.13. The normalized spacial score (nSPS) is 11.8. The Balaban J connectivity index is 1.62. The number of amides is 2. The van der Waals surface area contributed by atoms with Gasteiger partial charge in [0.1, 0.15) is 11.9 Å². The number of carbonyl (C=O) groups excluding carboxylic acids is 2. The van der Waals surface area contributed by atoms with Crippen molar-refractivity contribution in [2.75, 3.05) is 5.32 Å². The third-order valence-corrected chi connectivity index (χ3v) is 6.21. The van der Waals surface area contributed by atoms with Crippen molar-refractivity contribution in [2.24, 2.45) is 0 Å². The van der Waals surface area contributed by atoms with E-state index in [1.165, 1.54) is 61.5 Å². The second kappa shape index (κ2) is 10.7. The van der Waals surface area contributed by atoms with E-state index in [0.29, 0.717) is 11.3 Å². The van der Waals surface area contributed by atoms with E-state index < -0.39 is 27.8 Å². The summed E-state index contributed by atoms with van der Waals surface area (Å²) in [4.78, 5) is 23.6. The molecule has 0 aliphatic carbocycles. The zero-order chi connectivity index (χ0) is 24.7. The molecule has 3 aromatic carbocycles. The number of halogens is 1. The molecule has 3 N–H and O–H groups in total. The van der Waals surface area contributed by atoms with Gasteiger partial charge in [-0.1, -0.05) is 30.3 Å². The Morgan fingerprint density at radius 1 is 1.00 bits per heavy atom. The molecule has 0 bridgehead atoms. The quantitative estimate of drug-likeness (QED) is 0.456. The first-order valence-electron chi connectivity index (χ1n) is 10.1. The van der Waals surface area contributed by atoms with Crippen LogP contribution < -0.4 is 15.4 Å². The van der Waals surface area contributed by atoms with Crippen LogP contribution in [0.15, 0.2) is 77.7 Å². The summed E-state index contributed by atoms with van der Waals surface area (Å²) < 4.78 is 41.4. The average molecular weight is 481 g/mol. The van der Waals surface area contributed by atoms with Crippen LogP contribution in [-0.4, -0.2) is 20.2 Å². The van der Waals surface area contributed by atoms with Crippen LogP contribution in [0.3, 0.4) is 0 Å². The van der Waals surface area contributed by atoms with E-state index in [1.807, 2.05) is 6.07 Å². The Bertz CT molecular complexity index is 1330. The SMILES string of the molecule is CC(=O)Nc1ccc(S(=O)(=O)NCc2ccc(C(=O)NC(C#N)c3ccccc3F)cc2)cc1. The van der Waals surface area contributed by atoms with Gasteiger partial charge in [0.25, 0.3) is 5.91 Å². The van der Waals surface area contributed by atoms with Crippen LogP contribution in [0.1, 0.15) is 34.5 Å². The van der Waals surface area contributed by atoms with Gasteiger partial charge in [-0.05, 0) is 48.0 Å². The molecule has 8 nitrogen and oxygen atoms in total. The Morgan fingerprint density at radius 3 is 2.24 bits per heavy atom. The van der Waals surface area contributed by atoms with Crippen molar-refractivity contribution in [2.45, 2.75) is 24.4 Å². The fourth-order valence-corrected chi connectivity index (χ4v) is 4.08. The van der Waals surface area contributed by atoms with E-state index in [0.717, 1.165) is 0 Å². The summed E-state index contributed by atoms with van der Waals surface area (Å²) in [5.41, 5.74) is 1.38. The van der Waals surface area contributed by atoms with Crippen LogP contribution >= 0.6 is 0 Å². The number of nitrogens with one attached hydrogen (secondary N) is 3. The molecule has 34 heavy (non-hydrogen) atoms. The van der Waals surface area contributed by atoms with Crippen molar-refractivity contribution in [1.82, 2.24) is 10.0 Å². The average Bonchev–Trinajstić information content (AvgIpc) is 2.82. The molecule has 174 valence electrons. The van der Waals surface area contributed by atoms with Crippen molar-refractivity contribution in [1.29, 1.82) is 5.26 Å². The van der Waals surface area contributed by atoms with Gasteiger partial charge < -0.3 is 10.6 Å². The Morgan fingerprint density at radius 2 is 1.65 bits per heavy atom. The number of sulfonamides is 1. The van der Waals surface area contributed by atoms with Crippen molar-refractivity contribution in [3.05, 3.63) is 95.3 Å². The summed E-state index contributed by atoms with van der Waals surface area (Å²) in [7, 11) is -3.80. The molecule has 0 aliphatic rings. The largest absolute Gasteiger partial charge is 0.332 e. The molecule has 3 rings (SSSR count). The maximum atomic E-state index is 13.9. The van der Waals surface area contributed by atoms with E-state index in [2.05, 4.69) is 15.4 Å². The minimum absolute atomic E-state index is 0.0201. The van der Waals surface area contributed by atoms with E-state index in [4.69, 9.17) is 0 Å². The molecule has 1 atom stereocenters. The van der Waals surface area contributed by atoms with Crippen LogP contribution in [0.4, 0.5) is 10.1 Å². The fourth-order valence-electron chi connectivity index (χ4n) is 3.06. The lowest BCUT2D eigenvalue weighted by molar-refractivity contribution is -0.114. The lowest BCUT2D eigenvalue weighted by Crippen LogP contribution is -2.28. The molecule has 0 aliphatic heterocycles. The van der Waals surface area contributed by atoms with Gasteiger partial charge in [-0.3, -0.25) is 9.59 Å². The molecule has 0 heterocycles. The molecule has 0 saturated carbocycles. The summed E-state index contributed by atoms with van der Waals surface area (Å²) in [5.74, 6) is -1.43. The standard InChI is InChI=1S/C24H21FN4O4S/c1-16(30)28-19-10-12-20(13-11-19)34(32,33)27-15-17-6-8-18(9-7-17)24(31)29-23(14-26)21-4-2-3-5-22(21)25/h2-13,23,27H,15H2,1H3,(H,28,30)(H,29,31). The van der Waals surface area contributed by atoms with Crippen molar-refractivity contribution in [3.63, 3.8) is 0 Å². The molecular formula is C24H21FN4O4S. The maximum Gasteiger partial charge on any atom is 0.252 e. The Hall–Kier alpha value is -4.07. The Kier molecular flexibility index (Phi) is 7.73. The zero-order valence-electron chi connectivity index (χ0n) is 18.1. The number of carbonyl (C=O) groups is 2. The molecule has 0 fully saturated rings. The highest BCUT2D eigenvalue weighted by Gasteiger charge is 2.18. The smallest absolute Gasteiger partial charge is 0.252 e. The number of benzene rings is 3. The van der Waals surface area contributed by atoms with E-state index >= 15 is 0 Å². The third-order valence-electron chi connectivity index (χ3n) is 4.79. The first kappa shape index (κ1) is 24.6. The summed E-state index contributed by atoms with van der Waals surface area (Å²) in [6.07, 6.45) is 0. The highest BCUT2D eigenvalue weighted by Crippen LogP contribution is 2.18. The predicted molar refractivity (Wildman–Crippen MR) is 123 cm³/mol. The third kappa shape index (κ3) is 6.25. The Labute approximate surface area is 196 Å². The van der Waals surface area contributed by atoms with Gasteiger partial charge in [-0.25, -0.2) is 17.5 Å². The van der Waals surface area contributed by atoms with Gasteiger partial charge in [0.15, 0.2) is 0 Å². The van der Waals surface area contributed by atoms with Crippen LogP contribution in [0.5, 0.6) is 0 Å². The van der Waals surface area contributed by atoms with Gasteiger partial charge >= 0.3 is 0 Å². The van der Waals surface area contributed by atoms with E-state index in [1.54, 1.807) is 18.2 Å². The first-order valence-corrected chi connectivity index (χ1v) is 11.6. The molecule has 10 heteroatoms. The molecule has 0 saturated heterocycles. The number of rotatable bonds is 8. The van der Waals surface area contributed by atoms with Gasteiger partial charge in [-0.2, -0.15) is 5.26 Å². The number of hydrogen-bond donors (Lipinski definition) is 3. The molecule has 0 aromatic heterocycles. The van der Waals surface area contributed by atoms with Crippen LogP contribution in [-0.2, 0) is 21.4 Å². The fraction of sp³-hybridized carbons (Fsp3) is 0.125. The van der Waals surface area contributed by atoms with Gasteiger partial charge in [0.2, 0.25) is 15.9 Å². The monoisotopic (exact) mass is 480 g/mol.